The molecular formula is C16H17FN2O2S. The van der Waals surface area contributed by atoms with Crippen molar-refractivity contribution < 1.29 is 13.9 Å². The van der Waals surface area contributed by atoms with Gasteiger partial charge in [0.05, 0.1) is 11.3 Å². The fraction of sp³-hybridized carbons (Fsp3) is 0.250. The van der Waals surface area contributed by atoms with Gasteiger partial charge in [0.15, 0.2) is 6.20 Å². The molecule has 1 aromatic heterocycles. The molecule has 0 aliphatic carbocycles. The van der Waals surface area contributed by atoms with Crippen LogP contribution < -0.4 is 10.0 Å². The predicted molar refractivity (Wildman–Crippen MR) is 83.7 cm³/mol. The maximum atomic E-state index is 12.9. The third-order valence-electron chi connectivity index (χ3n) is 3.18. The Morgan fingerprint density at radius 1 is 1.23 bits per heavy atom. The molecule has 0 spiro atoms. The third-order valence-corrected chi connectivity index (χ3v) is 4.31. The molecule has 0 saturated heterocycles. The maximum absolute atomic E-state index is 12.9. The summed E-state index contributed by atoms with van der Waals surface area (Å²) in [7, 11) is 0. The summed E-state index contributed by atoms with van der Waals surface area (Å²) >= 11 is 1.20. The molecule has 0 aliphatic rings. The monoisotopic (exact) mass is 320 g/mol. The molecule has 22 heavy (non-hydrogen) atoms. The number of thioether (sulfide) groups is 1. The van der Waals surface area contributed by atoms with Crippen LogP contribution in [-0.2, 0) is 4.79 Å². The fourth-order valence-corrected chi connectivity index (χ4v) is 2.76. The van der Waals surface area contributed by atoms with Gasteiger partial charge in [0, 0.05) is 12.1 Å². The van der Waals surface area contributed by atoms with Crippen molar-refractivity contribution in [1.82, 2.24) is 5.32 Å². The van der Waals surface area contributed by atoms with E-state index in [-0.39, 0.29) is 17.8 Å². The average molecular weight is 320 g/mol. The molecule has 0 aliphatic heterocycles. The van der Waals surface area contributed by atoms with E-state index in [1.165, 1.54) is 30.1 Å². The van der Waals surface area contributed by atoms with Crippen molar-refractivity contribution in [2.24, 2.45) is 0 Å². The SMILES string of the molecule is C[C@H](NC(=O)[C@@H](C)Sc1cccc[n+]1[O-])c1ccc(F)cc1. The molecule has 0 unspecified atom stereocenters. The van der Waals surface area contributed by atoms with E-state index in [0.29, 0.717) is 5.03 Å². The zero-order chi connectivity index (χ0) is 16.1. The summed E-state index contributed by atoms with van der Waals surface area (Å²) in [6.07, 6.45) is 1.40. The van der Waals surface area contributed by atoms with E-state index in [1.807, 2.05) is 6.92 Å². The summed E-state index contributed by atoms with van der Waals surface area (Å²) in [4.78, 5) is 12.2. The molecule has 6 heteroatoms. The van der Waals surface area contributed by atoms with Gasteiger partial charge in [-0.25, -0.2) is 4.39 Å². The first kappa shape index (κ1) is 16.3. The first-order chi connectivity index (χ1) is 10.5. The van der Waals surface area contributed by atoms with Gasteiger partial charge in [-0.15, -0.1) is 0 Å². The summed E-state index contributed by atoms with van der Waals surface area (Å²) in [6, 6.07) is 10.8. The number of pyridine rings is 1. The quantitative estimate of drug-likeness (QED) is 0.523. The molecule has 2 atom stereocenters. The van der Waals surface area contributed by atoms with Gasteiger partial charge in [0.1, 0.15) is 5.82 Å². The number of hydrogen-bond donors (Lipinski definition) is 1. The third kappa shape index (κ3) is 4.21. The molecule has 0 saturated carbocycles. The molecule has 1 N–H and O–H groups in total. The van der Waals surface area contributed by atoms with Gasteiger partial charge in [-0.1, -0.05) is 12.1 Å². The molecule has 2 rings (SSSR count). The topological polar surface area (TPSA) is 56.0 Å². The number of nitrogens with one attached hydrogen (secondary N) is 1. The van der Waals surface area contributed by atoms with Crippen molar-refractivity contribution in [3.8, 4) is 0 Å². The van der Waals surface area contributed by atoms with Gasteiger partial charge in [-0.05, 0) is 49.4 Å². The number of amides is 1. The van der Waals surface area contributed by atoms with Crippen LogP contribution in [0.15, 0.2) is 53.7 Å². The minimum absolute atomic E-state index is 0.175. The number of nitrogens with zero attached hydrogens (tertiary/aromatic N) is 1. The Morgan fingerprint density at radius 3 is 2.55 bits per heavy atom. The van der Waals surface area contributed by atoms with E-state index in [4.69, 9.17) is 0 Å². The Morgan fingerprint density at radius 2 is 1.91 bits per heavy atom. The lowest BCUT2D eigenvalue weighted by atomic mass is 10.1. The number of aromatic nitrogens is 1. The fourth-order valence-electron chi connectivity index (χ4n) is 1.90. The number of hydrogen-bond acceptors (Lipinski definition) is 3. The second kappa shape index (κ2) is 7.26. The average Bonchev–Trinajstić information content (AvgIpc) is 2.50. The molecule has 1 aromatic carbocycles. The van der Waals surface area contributed by atoms with Gasteiger partial charge < -0.3 is 10.5 Å². The molecule has 0 bridgehead atoms. The lowest BCUT2D eigenvalue weighted by Gasteiger charge is -2.17. The molecule has 1 amide bonds. The number of carbonyl (C=O) groups excluding carboxylic acids is 1. The second-order valence-corrected chi connectivity index (χ2v) is 6.27. The van der Waals surface area contributed by atoms with Crippen molar-refractivity contribution in [2.45, 2.75) is 30.2 Å². The van der Waals surface area contributed by atoms with Crippen LogP contribution in [0.3, 0.4) is 0 Å². The summed E-state index contributed by atoms with van der Waals surface area (Å²) in [5, 5.41) is 14.5. The van der Waals surface area contributed by atoms with E-state index in [2.05, 4.69) is 5.32 Å². The number of carbonyl (C=O) groups is 1. The smallest absolute Gasteiger partial charge is 0.252 e. The number of halogens is 1. The summed E-state index contributed by atoms with van der Waals surface area (Å²) in [6.45, 7) is 3.57. The van der Waals surface area contributed by atoms with Crippen LogP contribution >= 0.6 is 11.8 Å². The highest BCUT2D eigenvalue weighted by Crippen LogP contribution is 2.21. The lowest BCUT2D eigenvalue weighted by Crippen LogP contribution is -2.35. The Hall–Kier alpha value is -2.08. The van der Waals surface area contributed by atoms with Gasteiger partial charge >= 0.3 is 0 Å². The first-order valence-electron chi connectivity index (χ1n) is 6.88. The highest BCUT2D eigenvalue weighted by atomic mass is 32.2. The second-order valence-electron chi connectivity index (χ2n) is 4.91. The molecule has 1 heterocycles. The van der Waals surface area contributed by atoms with E-state index in [9.17, 15) is 14.4 Å². The van der Waals surface area contributed by atoms with Crippen LogP contribution in [0.5, 0.6) is 0 Å². The minimum atomic E-state index is -0.412. The Kier molecular flexibility index (Phi) is 5.38. The lowest BCUT2D eigenvalue weighted by molar-refractivity contribution is -0.645. The van der Waals surface area contributed by atoms with Crippen LogP contribution in [0.1, 0.15) is 25.5 Å². The highest BCUT2D eigenvalue weighted by molar-refractivity contribution is 8.00. The minimum Gasteiger partial charge on any atom is -0.618 e. The van der Waals surface area contributed by atoms with Crippen molar-refractivity contribution in [3.63, 3.8) is 0 Å². The normalized spacial score (nSPS) is 13.4. The van der Waals surface area contributed by atoms with Crippen molar-refractivity contribution in [2.75, 3.05) is 0 Å². The number of benzene rings is 1. The van der Waals surface area contributed by atoms with E-state index >= 15 is 0 Å². The van der Waals surface area contributed by atoms with Crippen molar-refractivity contribution >= 4 is 17.7 Å². The highest BCUT2D eigenvalue weighted by Gasteiger charge is 2.20. The maximum Gasteiger partial charge on any atom is 0.252 e. The molecule has 116 valence electrons. The first-order valence-corrected chi connectivity index (χ1v) is 7.76. The standard InChI is InChI=1S/C16H17FN2O2S/c1-11(13-6-8-14(17)9-7-13)18-16(20)12(2)22-15-5-3-4-10-19(15)21/h3-12H,1-2H3,(H,18,20)/t11-,12+/m0/s1. The van der Waals surface area contributed by atoms with Gasteiger partial charge in [0.2, 0.25) is 5.91 Å². The van der Waals surface area contributed by atoms with Crippen molar-refractivity contribution in [3.05, 3.63) is 65.2 Å². The largest absolute Gasteiger partial charge is 0.618 e. The molecular weight excluding hydrogens is 303 g/mol. The molecule has 0 radical (unpaired) electrons. The van der Waals surface area contributed by atoms with Crippen LogP contribution in [0.2, 0.25) is 0 Å². The molecule has 2 aromatic rings. The summed E-state index contributed by atoms with van der Waals surface area (Å²) < 4.78 is 13.6. The predicted octanol–water partition coefficient (Wildman–Crippen LogP) is 2.82. The molecule has 4 nitrogen and oxygen atoms in total. The van der Waals surface area contributed by atoms with Crippen LogP contribution in [0.4, 0.5) is 4.39 Å². The molecule has 0 fully saturated rings. The Labute approximate surface area is 132 Å². The van der Waals surface area contributed by atoms with Crippen LogP contribution in [0, 0.1) is 11.0 Å². The Bertz CT molecular complexity index is 649. The van der Waals surface area contributed by atoms with Gasteiger partial charge in [0.25, 0.3) is 5.03 Å². The van der Waals surface area contributed by atoms with Crippen LogP contribution in [0.25, 0.3) is 0 Å². The van der Waals surface area contributed by atoms with E-state index < -0.39 is 5.25 Å². The number of rotatable bonds is 5. The zero-order valence-corrected chi connectivity index (χ0v) is 13.1. The van der Waals surface area contributed by atoms with Crippen LogP contribution in [-0.4, -0.2) is 11.2 Å². The van der Waals surface area contributed by atoms with Gasteiger partial charge in [-0.3, -0.25) is 4.79 Å². The van der Waals surface area contributed by atoms with E-state index in [0.717, 1.165) is 10.3 Å². The summed E-state index contributed by atoms with van der Waals surface area (Å²) in [5.41, 5.74) is 0.825. The van der Waals surface area contributed by atoms with Gasteiger partial charge in [-0.2, -0.15) is 4.73 Å². The van der Waals surface area contributed by atoms with Crippen molar-refractivity contribution in [1.29, 1.82) is 0 Å². The van der Waals surface area contributed by atoms with E-state index in [1.54, 1.807) is 37.3 Å². The Balaban J connectivity index is 1.96. The zero-order valence-electron chi connectivity index (χ0n) is 12.3. The summed E-state index contributed by atoms with van der Waals surface area (Å²) in [5.74, 6) is -0.485.